The largest absolute Gasteiger partial charge is 0.486 e. The Balaban J connectivity index is 1.69. The van der Waals surface area contributed by atoms with Gasteiger partial charge in [0.25, 0.3) is 5.89 Å². The van der Waals surface area contributed by atoms with Gasteiger partial charge in [-0.05, 0) is 37.7 Å². The molecule has 1 aliphatic rings. The number of rotatable bonds is 5. The molecule has 1 aromatic heterocycles. The number of hydrogen-bond acceptors (Lipinski definition) is 6. The van der Waals surface area contributed by atoms with Crippen molar-refractivity contribution in [3.05, 3.63) is 35.5 Å². The number of nitrogens with one attached hydrogen (secondary N) is 1. The lowest BCUT2D eigenvalue weighted by atomic mass is 10.2. The molecule has 0 radical (unpaired) electrons. The summed E-state index contributed by atoms with van der Waals surface area (Å²) in [6, 6.07) is 6.12. The molecule has 1 aromatic carbocycles. The van der Waals surface area contributed by atoms with E-state index in [-0.39, 0.29) is 0 Å². The van der Waals surface area contributed by atoms with Crippen molar-refractivity contribution in [3.63, 3.8) is 0 Å². The summed E-state index contributed by atoms with van der Waals surface area (Å²) < 4.78 is 16.3. The second-order valence-electron chi connectivity index (χ2n) is 5.18. The van der Waals surface area contributed by atoms with Crippen LogP contribution < -0.4 is 14.8 Å². The highest BCUT2D eigenvalue weighted by Gasteiger charge is 2.11. The average Bonchev–Trinajstić information content (AvgIpc) is 3.00. The Kier molecular flexibility index (Phi) is 4.39. The monoisotopic (exact) mass is 301 g/mol. The number of nitrogens with zero attached hydrogens (tertiary/aromatic N) is 2. The first-order valence-corrected chi connectivity index (χ1v) is 7.32. The van der Waals surface area contributed by atoms with Gasteiger partial charge >= 0.3 is 0 Å². The molecule has 1 unspecified atom stereocenters. The van der Waals surface area contributed by atoms with Crippen molar-refractivity contribution in [1.29, 1.82) is 0 Å². The fraction of sp³-hybridized carbons (Fsp3) is 0.375. The molecule has 1 atom stereocenters. The van der Waals surface area contributed by atoms with Crippen molar-refractivity contribution in [3.8, 4) is 11.5 Å². The summed E-state index contributed by atoms with van der Waals surface area (Å²) >= 11 is 0. The zero-order valence-corrected chi connectivity index (χ0v) is 12.7. The molecule has 6 heteroatoms. The summed E-state index contributed by atoms with van der Waals surface area (Å²) in [5, 5.41) is 7.11. The first kappa shape index (κ1) is 14.6. The highest BCUT2D eigenvalue weighted by atomic mass is 16.6. The second-order valence-corrected chi connectivity index (χ2v) is 5.18. The minimum Gasteiger partial charge on any atom is -0.486 e. The molecule has 0 saturated carbocycles. The van der Waals surface area contributed by atoms with E-state index in [9.17, 15) is 0 Å². The molecule has 0 amide bonds. The number of ether oxygens (including phenoxy) is 2. The molecular weight excluding hydrogens is 282 g/mol. The number of likely N-dealkylation sites (N-methyl/N-ethyl adjacent to an activating group) is 1. The zero-order valence-electron chi connectivity index (χ0n) is 12.7. The summed E-state index contributed by atoms with van der Waals surface area (Å²) in [5.74, 6) is 2.74. The van der Waals surface area contributed by atoms with E-state index in [1.807, 2.05) is 31.3 Å². The Labute approximate surface area is 129 Å². The summed E-state index contributed by atoms with van der Waals surface area (Å²) in [4.78, 5) is 4.34. The molecule has 6 nitrogen and oxygen atoms in total. The van der Waals surface area contributed by atoms with Gasteiger partial charge in [-0.25, -0.2) is 0 Å². The molecule has 2 heterocycles. The SMILES string of the molecule is CNC(C)Cc1noc(/C=C/c2ccc3c(c2)OCCO3)n1. The van der Waals surface area contributed by atoms with Crippen LogP contribution in [0, 0.1) is 0 Å². The van der Waals surface area contributed by atoms with E-state index in [2.05, 4.69) is 22.4 Å². The van der Waals surface area contributed by atoms with E-state index in [0.717, 1.165) is 23.5 Å². The number of hydrogen-bond donors (Lipinski definition) is 1. The third-order valence-electron chi connectivity index (χ3n) is 3.45. The third-order valence-corrected chi connectivity index (χ3v) is 3.45. The highest BCUT2D eigenvalue weighted by molar-refractivity contribution is 5.67. The van der Waals surface area contributed by atoms with Crippen LogP contribution in [0.5, 0.6) is 11.5 Å². The van der Waals surface area contributed by atoms with E-state index < -0.39 is 0 Å². The second kappa shape index (κ2) is 6.62. The standard InChI is InChI=1S/C16H19N3O3/c1-11(17-2)9-15-18-16(22-19-15)6-4-12-3-5-13-14(10-12)21-8-7-20-13/h3-6,10-11,17H,7-9H2,1-2H3/b6-4+. The minimum atomic E-state index is 0.312. The molecule has 2 aromatic rings. The van der Waals surface area contributed by atoms with Crippen LogP contribution in [0.25, 0.3) is 12.2 Å². The van der Waals surface area contributed by atoms with E-state index in [1.165, 1.54) is 0 Å². The van der Waals surface area contributed by atoms with Gasteiger partial charge < -0.3 is 19.3 Å². The van der Waals surface area contributed by atoms with Crippen LogP contribution in [-0.2, 0) is 6.42 Å². The molecule has 116 valence electrons. The predicted octanol–water partition coefficient (Wildman–Crippen LogP) is 2.16. The lowest BCUT2D eigenvalue weighted by Gasteiger charge is -2.18. The van der Waals surface area contributed by atoms with E-state index >= 15 is 0 Å². The molecule has 0 aliphatic carbocycles. The molecule has 0 fully saturated rings. The number of fused-ring (bicyclic) bond motifs is 1. The van der Waals surface area contributed by atoms with Crippen molar-refractivity contribution in [2.45, 2.75) is 19.4 Å². The molecule has 0 spiro atoms. The van der Waals surface area contributed by atoms with Crippen molar-refractivity contribution in [2.24, 2.45) is 0 Å². The summed E-state index contributed by atoms with van der Waals surface area (Å²) in [5.41, 5.74) is 0.993. The Morgan fingerprint density at radius 3 is 2.86 bits per heavy atom. The fourth-order valence-corrected chi connectivity index (χ4v) is 2.13. The molecule has 1 aliphatic heterocycles. The van der Waals surface area contributed by atoms with Gasteiger partial charge in [0.05, 0.1) is 0 Å². The zero-order chi connectivity index (χ0) is 15.4. The van der Waals surface area contributed by atoms with Gasteiger partial charge in [-0.2, -0.15) is 4.98 Å². The van der Waals surface area contributed by atoms with E-state index in [1.54, 1.807) is 6.08 Å². The number of benzene rings is 1. The molecule has 1 N–H and O–H groups in total. The van der Waals surface area contributed by atoms with Gasteiger partial charge in [0.2, 0.25) is 0 Å². The Morgan fingerprint density at radius 1 is 1.23 bits per heavy atom. The van der Waals surface area contributed by atoms with Gasteiger partial charge in [0, 0.05) is 18.5 Å². The first-order valence-electron chi connectivity index (χ1n) is 7.32. The normalized spacial score (nSPS) is 15.2. The maximum atomic E-state index is 5.56. The quantitative estimate of drug-likeness (QED) is 0.912. The third kappa shape index (κ3) is 3.46. The van der Waals surface area contributed by atoms with Crippen LogP contribution >= 0.6 is 0 Å². The summed E-state index contributed by atoms with van der Waals surface area (Å²) in [7, 11) is 1.91. The Bertz CT molecular complexity index is 666. The summed E-state index contributed by atoms with van der Waals surface area (Å²) in [6.07, 6.45) is 4.45. The van der Waals surface area contributed by atoms with Crippen molar-refractivity contribution in [2.75, 3.05) is 20.3 Å². The lowest BCUT2D eigenvalue weighted by Crippen LogP contribution is -2.24. The van der Waals surface area contributed by atoms with Crippen LogP contribution in [0.4, 0.5) is 0 Å². The van der Waals surface area contributed by atoms with E-state index in [0.29, 0.717) is 31.0 Å². The van der Waals surface area contributed by atoms with Crippen molar-refractivity contribution >= 4 is 12.2 Å². The maximum Gasteiger partial charge on any atom is 0.250 e. The fourth-order valence-electron chi connectivity index (χ4n) is 2.13. The Morgan fingerprint density at radius 2 is 2.05 bits per heavy atom. The van der Waals surface area contributed by atoms with Crippen molar-refractivity contribution in [1.82, 2.24) is 15.5 Å². The topological polar surface area (TPSA) is 69.4 Å². The first-order chi connectivity index (χ1) is 10.7. The van der Waals surface area contributed by atoms with Gasteiger partial charge in [-0.3, -0.25) is 0 Å². The van der Waals surface area contributed by atoms with E-state index in [4.69, 9.17) is 14.0 Å². The average molecular weight is 301 g/mol. The maximum absolute atomic E-state index is 5.56. The predicted molar refractivity (Wildman–Crippen MR) is 82.9 cm³/mol. The molecule has 0 saturated heterocycles. The van der Waals surface area contributed by atoms with Crippen LogP contribution in [0.15, 0.2) is 22.7 Å². The van der Waals surface area contributed by atoms with Crippen LogP contribution in [0.1, 0.15) is 24.2 Å². The molecule has 3 rings (SSSR count). The summed E-state index contributed by atoms with van der Waals surface area (Å²) in [6.45, 7) is 3.25. The smallest absolute Gasteiger partial charge is 0.250 e. The van der Waals surface area contributed by atoms with Gasteiger partial charge in [0.15, 0.2) is 17.3 Å². The lowest BCUT2D eigenvalue weighted by molar-refractivity contribution is 0.171. The molecular formula is C16H19N3O3. The van der Waals surface area contributed by atoms with Gasteiger partial charge in [-0.15, -0.1) is 0 Å². The molecule has 0 bridgehead atoms. The highest BCUT2D eigenvalue weighted by Crippen LogP contribution is 2.31. The van der Waals surface area contributed by atoms with Crippen LogP contribution in [-0.4, -0.2) is 36.4 Å². The Hall–Kier alpha value is -2.34. The van der Waals surface area contributed by atoms with Crippen LogP contribution in [0.2, 0.25) is 0 Å². The van der Waals surface area contributed by atoms with Gasteiger partial charge in [-0.1, -0.05) is 11.2 Å². The van der Waals surface area contributed by atoms with Crippen molar-refractivity contribution < 1.29 is 14.0 Å². The number of aromatic nitrogens is 2. The van der Waals surface area contributed by atoms with Gasteiger partial charge in [0.1, 0.15) is 13.2 Å². The minimum absolute atomic E-state index is 0.312. The van der Waals surface area contributed by atoms with Crippen LogP contribution in [0.3, 0.4) is 0 Å². The molecule has 22 heavy (non-hydrogen) atoms.